The molecule has 2 N–H and O–H groups in total. The third-order valence-corrected chi connectivity index (χ3v) is 1.89. The second-order valence-electron chi connectivity index (χ2n) is 2.66. The molecule has 0 amide bonds. The Morgan fingerprint density at radius 3 is 3.07 bits per heavy atom. The van der Waals surface area contributed by atoms with E-state index >= 15 is 0 Å². The minimum Gasteiger partial charge on any atom is -0.515 e. The van der Waals surface area contributed by atoms with Crippen LogP contribution in [-0.2, 0) is 4.79 Å². The van der Waals surface area contributed by atoms with Gasteiger partial charge in [0.2, 0.25) is 0 Å². The molecule has 5 nitrogen and oxygen atoms in total. The van der Waals surface area contributed by atoms with E-state index < -0.39 is 0 Å². The zero-order valence-corrected chi connectivity index (χ0v) is 7.14. The van der Waals surface area contributed by atoms with Crippen molar-refractivity contribution in [3.63, 3.8) is 0 Å². The fourth-order valence-corrected chi connectivity index (χ4v) is 1.25. The van der Waals surface area contributed by atoms with Crippen LogP contribution in [-0.4, -0.2) is 26.3 Å². The van der Waals surface area contributed by atoms with Crippen molar-refractivity contribution in [2.45, 2.75) is 0 Å². The number of H-pyrrole nitrogens is 1. The summed E-state index contributed by atoms with van der Waals surface area (Å²) in [7, 11) is 0. The van der Waals surface area contributed by atoms with Gasteiger partial charge in [-0.25, -0.2) is 9.97 Å². The minimum absolute atomic E-state index is 0.136. The van der Waals surface area contributed by atoms with Crippen LogP contribution in [0.4, 0.5) is 0 Å². The van der Waals surface area contributed by atoms with Gasteiger partial charge in [0.15, 0.2) is 6.29 Å². The Hall–Kier alpha value is -2.17. The first-order valence-corrected chi connectivity index (χ1v) is 3.95. The van der Waals surface area contributed by atoms with Crippen molar-refractivity contribution in [2.24, 2.45) is 0 Å². The van der Waals surface area contributed by atoms with Gasteiger partial charge in [-0.2, -0.15) is 0 Å². The van der Waals surface area contributed by atoms with Gasteiger partial charge >= 0.3 is 0 Å². The molecule has 0 aliphatic heterocycles. The van der Waals surface area contributed by atoms with E-state index in [9.17, 15) is 4.79 Å². The second kappa shape index (κ2) is 3.29. The van der Waals surface area contributed by atoms with Crippen molar-refractivity contribution >= 4 is 22.9 Å². The van der Waals surface area contributed by atoms with E-state index in [1.54, 1.807) is 12.3 Å². The Morgan fingerprint density at radius 2 is 2.36 bits per heavy atom. The van der Waals surface area contributed by atoms with E-state index in [4.69, 9.17) is 5.11 Å². The third kappa shape index (κ3) is 1.15. The van der Waals surface area contributed by atoms with Gasteiger partial charge in [-0.05, 0) is 6.07 Å². The Balaban J connectivity index is 2.73. The smallest absolute Gasteiger partial charge is 0.155 e. The molecule has 0 aliphatic carbocycles. The van der Waals surface area contributed by atoms with Crippen molar-refractivity contribution in [3.05, 3.63) is 30.5 Å². The molecule has 14 heavy (non-hydrogen) atoms. The Labute approximate surface area is 79.1 Å². The molecule has 5 heteroatoms. The number of carbonyl (C=O) groups excluding carboxylic acids is 1. The van der Waals surface area contributed by atoms with Gasteiger partial charge in [0.25, 0.3) is 0 Å². The number of aromatic nitrogens is 3. The lowest BCUT2D eigenvalue weighted by molar-refractivity contribution is -0.103. The van der Waals surface area contributed by atoms with Gasteiger partial charge in [0.05, 0.1) is 17.5 Å². The van der Waals surface area contributed by atoms with E-state index in [1.807, 2.05) is 0 Å². The summed E-state index contributed by atoms with van der Waals surface area (Å²) in [4.78, 5) is 21.4. The lowest BCUT2D eigenvalue weighted by Crippen LogP contribution is -1.93. The summed E-state index contributed by atoms with van der Waals surface area (Å²) in [6.07, 6.45) is 4.32. The van der Waals surface area contributed by atoms with Crippen molar-refractivity contribution in [3.8, 4) is 0 Å². The van der Waals surface area contributed by atoms with Gasteiger partial charge in [-0.1, -0.05) is 0 Å². The van der Waals surface area contributed by atoms with Gasteiger partial charge < -0.3 is 10.1 Å². The number of allylic oxidation sites excluding steroid dienone is 1. The summed E-state index contributed by atoms with van der Waals surface area (Å²) in [5, 5.41) is 9.52. The molecule has 2 aromatic heterocycles. The molecular formula is C9H7N3O2. The maximum absolute atomic E-state index is 10.6. The molecular weight excluding hydrogens is 182 g/mol. The van der Waals surface area contributed by atoms with Crippen molar-refractivity contribution in [1.82, 2.24) is 15.0 Å². The van der Waals surface area contributed by atoms with Crippen LogP contribution >= 0.6 is 0 Å². The Morgan fingerprint density at radius 1 is 1.50 bits per heavy atom. The largest absolute Gasteiger partial charge is 0.515 e. The van der Waals surface area contributed by atoms with Crippen LogP contribution in [0.1, 0.15) is 5.69 Å². The number of nitrogens with one attached hydrogen (secondary N) is 1. The molecule has 0 atom stereocenters. The lowest BCUT2D eigenvalue weighted by Gasteiger charge is -1.98. The zero-order valence-electron chi connectivity index (χ0n) is 7.14. The van der Waals surface area contributed by atoms with Crippen LogP contribution in [0.5, 0.6) is 0 Å². The summed E-state index contributed by atoms with van der Waals surface area (Å²) in [6.45, 7) is 0. The number of carbonyl (C=O) groups is 1. The molecule has 2 heterocycles. The quantitative estimate of drug-likeness (QED) is 0.420. The summed E-state index contributed by atoms with van der Waals surface area (Å²) in [6, 6.07) is 1.75. The Bertz CT molecular complexity index is 501. The number of fused-ring (bicyclic) bond motifs is 1. The SMILES string of the molecule is O=CC(=CO)c1ncnc2[nH]ccc12. The third-order valence-electron chi connectivity index (χ3n) is 1.89. The predicted molar refractivity (Wildman–Crippen MR) is 50.6 cm³/mol. The van der Waals surface area contributed by atoms with Crippen molar-refractivity contribution in [2.75, 3.05) is 0 Å². The number of nitrogens with zero attached hydrogens (tertiary/aromatic N) is 2. The normalized spacial score (nSPS) is 11.9. The fourth-order valence-electron chi connectivity index (χ4n) is 1.25. The minimum atomic E-state index is 0.136. The summed E-state index contributed by atoms with van der Waals surface area (Å²) >= 11 is 0. The molecule has 0 saturated carbocycles. The van der Waals surface area contributed by atoms with E-state index in [1.165, 1.54) is 6.33 Å². The van der Waals surface area contributed by atoms with Gasteiger partial charge in [-0.15, -0.1) is 0 Å². The maximum Gasteiger partial charge on any atom is 0.155 e. The van der Waals surface area contributed by atoms with E-state index in [0.29, 0.717) is 23.0 Å². The van der Waals surface area contributed by atoms with Crippen molar-refractivity contribution < 1.29 is 9.90 Å². The first kappa shape index (κ1) is 8.43. The highest BCUT2D eigenvalue weighted by Gasteiger charge is 2.08. The molecule has 0 bridgehead atoms. The summed E-state index contributed by atoms with van der Waals surface area (Å²) in [5.74, 6) is 0. The van der Waals surface area contributed by atoms with Crippen molar-refractivity contribution in [1.29, 1.82) is 0 Å². The number of rotatable bonds is 2. The average Bonchev–Trinajstić information content (AvgIpc) is 2.68. The van der Waals surface area contributed by atoms with Crippen LogP contribution in [0.15, 0.2) is 24.9 Å². The number of aldehydes is 1. The number of hydrogen-bond acceptors (Lipinski definition) is 4. The number of aliphatic hydroxyl groups is 1. The van der Waals surface area contributed by atoms with Crippen LogP contribution in [0.3, 0.4) is 0 Å². The zero-order chi connectivity index (χ0) is 9.97. The van der Waals surface area contributed by atoms with Gasteiger partial charge in [0.1, 0.15) is 12.0 Å². The van der Waals surface area contributed by atoms with E-state index in [0.717, 1.165) is 6.26 Å². The van der Waals surface area contributed by atoms with E-state index in [-0.39, 0.29) is 5.57 Å². The van der Waals surface area contributed by atoms with E-state index in [2.05, 4.69) is 15.0 Å². The molecule has 2 aromatic rings. The van der Waals surface area contributed by atoms with Gasteiger partial charge in [-0.3, -0.25) is 4.79 Å². The molecule has 0 aliphatic rings. The molecule has 0 saturated heterocycles. The molecule has 70 valence electrons. The fraction of sp³-hybridized carbons (Fsp3) is 0. The molecule has 0 spiro atoms. The second-order valence-corrected chi connectivity index (χ2v) is 2.66. The average molecular weight is 189 g/mol. The molecule has 0 unspecified atom stereocenters. The van der Waals surface area contributed by atoms with Crippen LogP contribution in [0, 0.1) is 0 Å². The highest BCUT2D eigenvalue weighted by molar-refractivity contribution is 6.10. The maximum atomic E-state index is 10.6. The number of aromatic amines is 1. The first-order chi connectivity index (χ1) is 6.86. The van der Waals surface area contributed by atoms with Gasteiger partial charge in [0, 0.05) is 11.6 Å². The highest BCUT2D eigenvalue weighted by Crippen LogP contribution is 2.18. The first-order valence-electron chi connectivity index (χ1n) is 3.95. The van der Waals surface area contributed by atoms with Crippen LogP contribution < -0.4 is 0 Å². The predicted octanol–water partition coefficient (Wildman–Crippen LogP) is 1.06. The monoisotopic (exact) mass is 189 g/mol. The molecule has 0 radical (unpaired) electrons. The lowest BCUT2D eigenvalue weighted by atomic mass is 10.1. The topological polar surface area (TPSA) is 78.9 Å². The molecule has 0 fully saturated rings. The summed E-state index contributed by atoms with van der Waals surface area (Å²) < 4.78 is 0. The summed E-state index contributed by atoms with van der Waals surface area (Å²) in [5.41, 5.74) is 1.20. The van der Waals surface area contributed by atoms with Crippen LogP contribution in [0.2, 0.25) is 0 Å². The standard InChI is InChI=1S/C9H7N3O2/c13-3-6(4-14)8-7-1-2-10-9(7)12-5-11-8/h1-5,13H,(H,10,11,12). The van der Waals surface area contributed by atoms with Crippen LogP contribution in [0.25, 0.3) is 16.6 Å². The molecule has 2 rings (SSSR count). The number of aliphatic hydroxyl groups excluding tert-OH is 1. The number of hydrogen-bond donors (Lipinski definition) is 2. The highest BCUT2D eigenvalue weighted by atomic mass is 16.2. The Kier molecular flexibility index (Phi) is 1.98. The molecule has 0 aromatic carbocycles.